The first-order valence-electron chi connectivity index (χ1n) is 11.7. The van der Waals surface area contributed by atoms with Crippen LogP contribution in [-0.2, 0) is 10.2 Å². The smallest absolute Gasteiger partial charge is 0.344 e. The van der Waals surface area contributed by atoms with Crippen molar-refractivity contribution in [3.63, 3.8) is 0 Å². The second kappa shape index (κ2) is 11.1. The van der Waals surface area contributed by atoms with E-state index in [1.54, 1.807) is 31.2 Å². The van der Waals surface area contributed by atoms with E-state index in [0.29, 0.717) is 29.1 Å². The van der Waals surface area contributed by atoms with Gasteiger partial charge in [0.05, 0.1) is 12.6 Å². The molecule has 0 aliphatic carbocycles. The molecule has 8 heteroatoms. The number of carboxylic acids is 1. The lowest BCUT2D eigenvalue weighted by Crippen LogP contribution is -2.47. The molecule has 0 fully saturated rings. The van der Waals surface area contributed by atoms with E-state index in [2.05, 4.69) is 31.1 Å². The minimum Gasteiger partial charge on any atom is -0.481 e. The number of aliphatic carboxylic acids is 1. The first-order valence-corrected chi connectivity index (χ1v) is 12.1. The average molecular weight is 498 g/mol. The van der Waals surface area contributed by atoms with Crippen LogP contribution in [0.5, 0.6) is 0 Å². The van der Waals surface area contributed by atoms with Crippen LogP contribution < -0.4 is 5.32 Å². The molecule has 1 aliphatic rings. The van der Waals surface area contributed by atoms with E-state index in [1.165, 1.54) is 10.5 Å². The van der Waals surface area contributed by atoms with E-state index in [9.17, 15) is 19.5 Å². The molecule has 2 unspecified atom stereocenters. The van der Waals surface area contributed by atoms with Crippen molar-refractivity contribution in [2.24, 2.45) is 10.9 Å². The molecule has 0 spiro atoms. The van der Waals surface area contributed by atoms with Gasteiger partial charge in [0.25, 0.3) is 0 Å². The summed E-state index contributed by atoms with van der Waals surface area (Å²) in [5.74, 6) is -2.02. The van der Waals surface area contributed by atoms with Crippen molar-refractivity contribution in [2.45, 2.75) is 45.6 Å². The third kappa shape index (κ3) is 6.55. The number of hydrogen-bond donors (Lipinski definition) is 2. The maximum atomic E-state index is 12.7. The third-order valence-corrected chi connectivity index (χ3v) is 6.42. The Morgan fingerprint density at radius 3 is 2.43 bits per heavy atom. The number of Topliss-reactive ketones (excluding diaryl/α,β-unsaturated/α-hetero) is 1. The molecule has 0 radical (unpaired) electrons. The maximum Gasteiger partial charge on any atom is 0.344 e. The number of carboxylic acid groups (broad SMARTS) is 1. The molecule has 2 atom stereocenters. The van der Waals surface area contributed by atoms with Gasteiger partial charge < -0.3 is 15.3 Å². The Balaban J connectivity index is 1.61. The highest BCUT2D eigenvalue weighted by molar-refractivity contribution is 6.30. The van der Waals surface area contributed by atoms with E-state index >= 15 is 0 Å². The third-order valence-electron chi connectivity index (χ3n) is 6.19. The molecule has 186 valence electrons. The predicted molar refractivity (Wildman–Crippen MR) is 137 cm³/mol. The van der Waals surface area contributed by atoms with Gasteiger partial charge in [-0.2, -0.15) is 0 Å². The maximum absolute atomic E-state index is 12.7. The predicted octanol–water partition coefficient (Wildman–Crippen LogP) is 5.14. The van der Waals surface area contributed by atoms with E-state index in [4.69, 9.17) is 11.6 Å². The number of rotatable bonds is 9. The van der Waals surface area contributed by atoms with Gasteiger partial charge in [-0.3, -0.25) is 9.59 Å². The highest BCUT2D eigenvalue weighted by Gasteiger charge is 2.42. The molecule has 2 aromatic carbocycles. The Morgan fingerprint density at radius 2 is 1.83 bits per heavy atom. The molecular formula is C27H32ClN3O4. The Labute approximate surface area is 211 Å². The number of urea groups is 1. The second-order valence-corrected chi connectivity index (χ2v) is 10.3. The van der Waals surface area contributed by atoms with Gasteiger partial charge in [0.2, 0.25) is 0 Å². The first-order chi connectivity index (χ1) is 16.5. The Morgan fingerprint density at radius 1 is 1.14 bits per heavy atom. The zero-order valence-electron chi connectivity index (χ0n) is 20.5. The van der Waals surface area contributed by atoms with Crippen LogP contribution in [-0.4, -0.2) is 53.1 Å². The van der Waals surface area contributed by atoms with E-state index in [1.807, 2.05) is 24.3 Å². The van der Waals surface area contributed by atoms with Crippen LogP contribution in [0.3, 0.4) is 0 Å². The van der Waals surface area contributed by atoms with Crippen molar-refractivity contribution in [1.82, 2.24) is 10.2 Å². The number of nitrogens with one attached hydrogen (secondary N) is 1. The summed E-state index contributed by atoms with van der Waals surface area (Å²) in [5.41, 5.74) is 2.75. The van der Waals surface area contributed by atoms with Crippen LogP contribution in [0.15, 0.2) is 53.5 Å². The standard InChI is InChI=1S/C27H32ClN3O4/c1-17-23(25(33)34)24(19-7-5-8-21(28)15-19)31(26(35)30-17)14-6-13-29-16-22(32)18-9-11-20(12-10-18)27(2,3)4/h5,7-12,15,23-24,29H,6,13-14,16H2,1-4H3,(H,33,34). The number of benzene rings is 2. The van der Waals surface area contributed by atoms with Crippen LogP contribution in [0.1, 0.15) is 61.6 Å². The fourth-order valence-electron chi connectivity index (χ4n) is 4.26. The minimum absolute atomic E-state index is 0.0116. The number of halogens is 1. The highest BCUT2D eigenvalue weighted by atomic mass is 35.5. The molecule has 2 aromatic rings. The topological polar surface area (TPSA) is 99.1 Å². The van der Waals surface area contributed by atoms with Crippen LogP contribution in [0.2, 0.25) is 5.02 Å². The molecule has 3 rings (SSSR count). The summed E-state index contributed by atoms with van der Waals surface area (Å²) in [4.78, 5) is 42.8. The Hall–Kier alpha value is -3.03. The Kier molecular flexibility index (Phi) is 8.46. The van der Waals surface area contributed by atoms with Crippen LogP contribution >= 0.6 is 11.6 Å². The summed E-state index contributed by atoms with van der Waals surface area (Å²) < 4.78 is 0. The molecule has 1 heterocycles. The number of carbonyl (C=O) groups excluding carboxylic acids is 2. The fourth-order valence-corrected chi connectivity index (χ4v) is 4.46. The van der Waals surface area contributed by atoms with Gasteiger partial charge in [-0.05, 0) is 48.6 Å². The van der Waals surface area contributed by atoms with Gasteiger partial charge in [0.15, 0.2) is 5.78 Å². The fraction of sp³-hybridized carbons (Fsp3) is 0.407. The SMILES string of the molecule is CC1=NC(=O)N(CCCNCC(=O)c2ccc(C(C)(C)C)cc2)C(c2cccc(Cl)c2)C1C(=O)O. The van der Waals surface area contributed by atoms with Gasteiger partial charge in [-0.25, -0.2) is 9.79 Å². The van der Waals surface area contributed by atoms with Crippen molar-refractivity contribution >= 4 is 35.1 Å². The molecule has 1 aliphatic heterocycles. The lowest BCUT2D eigenvalue weighted by molar-refractivity contribution is -0.141. The van der Waals surface area contributed by atoms with Crippen molar-refractivity contribution in [1.29, 1.82) is 0 Å². The zero-order chi connectivity index (χ0) is 25.8. The molecular weight excluding hydrogens is 466 g/mol. The average Bonchev–Trinajstić information content (AvgIpc) is 2.78. The molecule has 0 aromatic heterocycles. The second-order valence-electron chi connectivity index (χ2n) is 9.83. The summed E-state index contributed by atoms with van der Waals surface area (Å²) >= 11 is 6.15. The van der Waals surface area contributed by atoms with Crippen molar-refractivity contribution in [2.75, 3.05) is 19.6 Å². The number of carbonyl (C=O) groups is 3. The lowest BCUT2D eigenvalue weighted by atomic mass is 9.86. The highest BCUT2D eigenvalue weighted by Crippen LogP contribution is 2.35. The molecule has 2 amide bonds. The molecule has 0 saturated carbocycles. The van der Waals surface area contributed by atoms with Gasteiger partial charge in [-0.15, -0.1) is 0 Å². The lowest BCUT2D eigenvalue weighted by Gasteiger charge is -2.38. The molecule has 0 saturated heterocycles. The normalized spacial score (nSPS) is 18.4. The Bertz CT molecular complexity index is 1120. The summed E-state index contributed by atoms with van der Waals surface area (Å²) in [6.07, 6.45) is 0.528. The number of ketones is 1. The number of aliphatic imine (C=N–C) groups is 1. The quantitative estimate of drug-likeness (QED) is 0.369. The molecule has 7 nitrogen and oxygen atoms in total. The van der Waals surface area contributed by atoms with Crippen LogP contribution in [0, 0.1) is 5.92 Å². The largest absolute Gasteiger partial charge is 0.481 e. The van der Waals surface area contributed by atoms with Gasteiger partial charge in [0, 0.05) is 22.8 Å². The van der Waals surface area contributed by atoms with Gasteiger partial charge in [-0.1, -0.05) is 68.8 Å². The monoisotopic (exact) mass is 497 g/mol. The summed E-state index contributed by atoms with van der Waals surface area (Å²) in [5, 5.41) is 13.4. The van der Waals surface area contributed by atoms with E-state index in [0.717, 1.165) is 0 Å². The van der Waals surface area contributed by atoms with Crippen LogP contribution in [0.4, 0.5) is 4.79 Å². The summed E-state index contributed by atoms with van der Waals surface area (Å²) in [6, 6.07) is 13.4. The minimum atomic E-state index is -1.05. The van der Waals surface area contributed by atoms with Crippen molar-refractivity contribution in [3.8, 4) is 0 Å². The number of amides is 2. The van der Waals surface area contributed by atoms with E-state index in [-0.39, 0.29) is 30.0 Å². The van der Waals surface area contributed by atoms with Gasteiger partial charge >= 0.3 is 12.0 Å². The summed E-state index contributed by atoms with van der Waals surface area (Å²) in [7, 11) is 0. The molecule has 2 N–H and O–H groups in total. The van der Waals surface area contributed by atoms with Crippen LogP contribution in [0.25, 0.3) is 0 Å². The van der Waals surface area contributed by atoms with Crippen molar-refractivity contribution in [3.05, 3.63) is 70.2 Å². The number of nitrogens with zero attached hydrogens (tertiary/aromatic N) is 2. The summed E-state index contributed by atoms with van der Waals surface area (Å²) in [6.45, 7) is 8.89. The first kappa shape index (κ1) is 26.6. The molecule has 0 bridgehead atoms. The zero-order valence-corrected chi connectivity index (χ0v) is 21.3. The van der Waals surface area contributed by atoms with E-state index < -0.39 is 24.0 Å². The van der Waals surface area contributed by atoms with Gasteiger partial charge in [0.1, 0.15) is 5.92 Å². The molecule has 35 heavy (non-hydrogen) atoms. The number of hydrogen-bond acceptors (Lipinski definition) is 4. The van der Waals surface area contributed by atoms with Crippen molar-refractivity contribution < 1.29 is 19.5 Å².